The first-order valence-corrected chi connectivity index (χ1v) is 10.3. The summed E-state index contributed by atoms with van der Waals surface area (Å²) in [5.41, 5.74) is 0.308. The summed E-state index contributed by atoms with van der Waals surface area (Å²) < 4.78 is 28.6. The lowest BCUT2D eigenvalue weighted by Gasteiger charge is -2.16. The van der Waals surface area contributed by atoms with E-state index >= 15 is 0 Å². The molecule has 1 aromatic carbocycles. The van der Waals surface area contributed by atoms with Crippen LogP contribution in [0.25, 0.3) is 0 Å². The van der Waals surface area contributed by atoms with Gasteiger partial charge in [-0.25, -0.2) is 13.1 Å². The van der Waals surface area contributed by atoms with Gasteiger partial charge in [-0.2, -0.15) is 9.40 Å². The number of anilines is 1. The van der Waals surface area contributed by atoms with Crippen LogP contribution in [-0.2, 0) is 10.0 Å². The second kappa shape index (κ2) is 7.59. The van der Waals surface area contributed by atoms with E-state index in [0.717, 1.165) is 19.3 Å². The number of nitrogens with one attached hydrogen (secondary N) is 1. The van der Waals surface area contributed by atoms with Crippen LogP contribution in [0.1, 0.15) is 49.5 Å². The Morgan fingerprint density at radius 1 is 1.27 bits per heavy atom. The van der Waals surface area contributed by atoms with Crippen molar-refractivity contribution in [1.29, 1.82) is 0 Å². The lowest BCUT2D eigenvalue weighted by atomic mass is 10.2. The summed E-state index contributed by atoms with van der Waals surface area (Å²) in [7, 11) is -3.55. The Balaban J connectivity index is 1.82. The Kier molecular flexibility index (Phi) is 5.43. The van der Waals surface area contributed by atoms with Crippen molar-refractivity contribution in [2.75, 3.05) is 18.4 Å². The summed E-state index contributed by atoms with van der Waals surface area (Å²) >= 11 is 0. The zero-order chi connectivity index (χ0) is 18.7. The van der Waals surface area contributed by atoms with Crippen LogP contribution in [0.5, 0.6) is 0 Å². The number of carbonyl (C=O) groups excluding carboxylic acids is 1. The Morgan fingerprint density at radius 3 is 2.69 bits per heavy atom. The Morgan fingerprint density at radius 2 is 2.00 bits per heavy atom. The topological polar surface area (TPSA) is 84.3 Å². The second-order valence-corrected chi connectivity index (χ2v) is 8.45. The number of amides is 1. The first kappa shape index (κ1) is 18.6. The van der Waals surface area contributed by atoms with Crippen LogP contribution < -0.4 is 5.32 Å². The van der Waals surface area contributed by atoms with Gasteiger partial charge in [0.15, 0.2) is 0 Å². The zero-order valence-electron chi connectivity index (χ0n) is 15.1. The monoisotopic (exact) mass is 376 g/mol. The molecule has 1 fully saturated rings. The molecule has 1 amide bonds. The highest BCUT2D eigenvalue weighted by molar-refractivity contribution is 7.89. The molecule has 26 heavy (non-hydrogen) atoms. The molecule has 0 spiro atoms. The van der Waals surface area contributed by atoms with Crippen LogP contribution in [0, 0.1) is 0 Å². The van der Waals surface area contributed by atoms with Gasteiger partial charge in [0.2, 0.25) is 10.0 Å². The van der Waals surface area contributed by atoms with Crippen LogP contribution in [0.4, 0.5) is 5.82 Å². The largest absolute Gasteiger partial charge is 0.307 e. The summed E-state index contributed by atoms with van der Waals surface area (Å²) in [5.74, 6) is 0.241. The molecule has 8 heteroatoms. The summed E-state index contributed by atoms with van der Waals surface area (Å²) in [4.78, 5) is 12.8. The zero-order valence-corrected chi connectivity index (χ0v) is 15.9. The lowest BCUT2D eigenvalue weighted by molar-refractivity contribution is 0.102. The van der Waals surface area contributed by atoms with Crippen molar-refractivity contribution in [3.05, 3.63) is 42.1 Å². The number of aromatic nitrogens is 2. The quantitative estimate of drug-likeness (QED) is 0.840. The van der Waals surface area contributed by atoms with E-state index in [1.54, 1.807) is 29.1 Å². The number of nitrogens with zero attached hydrogens (tertiary/aromatic N) is 3. The fourth-order valence-electron chi connectivity index (χ4n) is 3.00. The van der Waals surface area contributed by atoms with Crippen LogP contribution in [0.2, 0.25) is 0 Å². The molecule has 1 saturated heterocycles. The minimum atomic E-state index is -3.55. The predicted octanol–water partition coefficient (Wildman–Crippen LogP) is 2.89. The molecule has 2 aromatic rings. The van der Waals surface area contributed by atoms with Crippen molar-refractivity contribution in [2.45, 2.75) is 44.0 Å². The molecular formula is C18H24N4O3S. The van der Waals surface area contributed by atoms with E-state index in [9.17, 15) is 13.2 Å². The molecule has 140 valence electrons. The molecule has 1 aliphatic rings. The first-order valence-electron chi connectivity index (χ1n) is 8.88. The van der Waals surface area contributed by atoms with Crippen LogP contribution >= 0.6 is 0 Å². The lowest BCUT2D eigenvalue weighted by Crippen LogP contribution is -2.28. The summed E-state index contributed by atoms with van der Waals surface area (Å²) in [6.07, 6.45) is 4.27. The first-order chi connectivity index (χ1) is 12.4. The van der Waals surface area contributed by atoms with Gasteiger partial charge in [-0.3, -0.25) is 4.79 Å². The molecule has 2 heterocycles. The van der Waals surface area contributed by atoms with Gasteiger partial charge < -0.3 is 5.32 Å². The van der Waals surface area contributed by atoms with Crippen molar-refractivity contribution in [3.63, 3.8) is 0 Å². The molecule has 0 radical (unpaired) electrons. The summed E-state index contributed by atoms with van der Waals surface area (Å²) in [5, 5.41) is 7.07. The minimum absolute atomic E-state index is 0.155. The third-order valence-corrected chi connectivity index (χ3v) is 6.61. The molecular weight excluding hydrogens is 352 g/mol. The molecule has 1 aromatic heterocycles. The number of sulfonamides is 1. The van der Waals surface area contributed by atoms with E-state index in [-0.39, 0.29) is 16.8 Å². The van der Waals surface area contributed by atoms with Crippen molar-refractivity contribution < 1.29 is 13.2 Å². The Labute approximate surface area is 154 Å². The maximum Gasteiger partial charge on any atom is 0.256 e. The fraction of sp³-hybridized carbons (Fsp3) is 0.444. The highest BCUT2D eigenvalue weighted by atomic mass is 32.2. The van der Waals surface area contributed by atoms with Gasteiger partial charge in [-0.1, -0.05) is 13.0 Å². The number of hydrogen-bond acceptors (Lipinski definition) is 4. The fourth-order valence-corrected chi connectivity index (χ4v) is 4.56. The third kappa shape index (κ3) is 3.66. The molecule has 0 unspecified atom stereocenters. The number of hydrogen-bond donors (Lipinski definition) is 1. The van der Waals surface area contributed by atoms with E-state index in [2.05, 4.69) is 10.4 Å². The average Bonchev–Trinajstić information content (AvgIpc) is 3.33. The number of rotatable bonds is 6. The van der Waals surface area contributed by atoms with Crippen LogP contribution in [0.3, 0.4) is 0 Å². The average molecular weight is 376 g/mol. The molecule has 7 nitrogen and oxygen atoms in total. The summed E-state index contributed by atoms with van der Waals surface area (Å²) in [6.45, 7) is 5.14. The molecule has 1 atom stereocenters. The van der Waals surface area contributed by atoms with E-state index < -0.39 is 10.0 Å². The highest BCUT2D eigenvalue weighted by Crippen LogP contribution is 2.22. The van der Waals surface area contributed by atoms with Crippen molar-refractivity contribution in [3.8, 4) is 0 Å². The molecule has 1 N–H and O–H groups in total. The highest BCUT2D eigenvalue weighted by Gasteiger charge is 2.27. The van der Waals surface area contributed by atoms with Crippen molar-refractivity contribution >= 4 is 21.7 Å². The van der Waals surface area contributed by atoms with E-state index in [1.807, 2.05) is 13.8 Å². The molecule has 0 bridgehead atoms. The van der Waals surface area contributed by atoms with Gasteiger partial charge >= 0.3 is 0 Å². The van der Waals surface area contributed by atoms with Crippen LogP contribution in [-0.4, -0.2) is 41.5 Å². The second-order valence-electron chi connectivity index (χ2n) is 6.51. The van der Waals surface area contributed by atoms with Crippen molar-refractivity contribution in [1.82, 2.24) is 14.1 Å². The van der Waals surface area contributed by atoms with Gasteiger partial charge in [0.1, 0.15) is 5.82 Å². The Hall–Kier alpha value is -2.19. The van der Waals surface area contributed by atoms with E-state index in [0.29, 0.717) is 24.5 Å². The van der Waals surface area contributed by atoms with E-state index in [4.69, 9.17) is 0 Å². The maximum atomic E-state index is 12.7. The normalized spacial score (nSPS) is 16.5. The van der Waals surface area contributed by atoms with Gasteiger partial charge in [0.25, 0.3) is 5.91 Å². The summed E-state index contributed by atoms with van der Waals surface area (Å²) in [6, 6.07) is 8.07. The SMILES string of the molecule is CC[C@H](C)n1nccc1NC(=O)c1cccc(S(=O)(=O)N2CCCC2)c1. The van der Waals surface area contributed by atoms with Gasteiger partial charge in [0, 0.05) is 24.7 Å². The van der Waals surface area contributed by atoms with Crippen molar-refractivity contribution in [2.24, 2.45) is 0 Å². The van der Waals surface area contributed by atoms with Crippen LogP contribution in [0.15, 0.2) is 41.4 Å². The molecule has 1 aliphatic heterocycles. The number of benzene rings is 1. The number of carbonyl (C=O) groups is 1. The Bertz CT molecular complexity index is 885. The smallest absolute Gasteiger partial charge is 0.256 e. The third-order valence-electron chi connectivity index (χ3n) is 4.72. The molecule has 3 rings (SSSR count). The minimum Gasteiger partial charge on any atom is -0.307 e. The molecule has 0 saturated carbocycles. The maximum absolute atomic E-state index is 12.7. The van der Waals surface area contributed by atoms with Gasteiger partial charge in [-0.05, 0) is 44.4 Å². The standard InChI is InChI=1S/C18H24N4O3S/c1-3-14(2)22-17(9-10-19-22)20-18(23)15-7-6-8-16(13-15)26(24,25)21-11-4-5-12-21/h6-10,13-14H,3-5,11-12H2,1-2H3,(H,20,23)/t14-/m0/s1. The van der Waals surface area contributed by atoms with Gasteiger partial charge in [-0.15, -0.1) is 0 Å². The van der Waals surface area contributed by atoms with E-state index in [1.165, 1.54) is 16.4 Å². The predicted molar refractivity (Wildman–Crippen MR) is 99.6 cm³/mol. The van der Waals surface area contributed by atoms with Gasteiger partial charge in [0.05, 0.1) is 17.1 Å². The molecule has 0 aliphatic carbocycles.